The molecule has 164 valence electrons. The molecule has 2 aromatic carbocycles. The quantitative estimate of drug-likeness (QED) is 0.394. The number of rotatable bonds is 5. The average molecular weight is 439 g/mol. The number of para-hydroxylation sites is 1. The van der Waals surface area contributed by atoms with E-state index in [1.807, 2.05) is 18.2 Å². The monoisotopic (exact) mass is 439 g/mol. The van der Waals surface area contributed by atoms with Crippen molar-refractivity contribution in [1.29, 1.82) is 0 Å². The molecule has 0 bridgehead atoms. The largest absolute Gasteiger partial charge is 0.339 e. The molecule has 1 N–H and O–H groups in total. The van der Waals surface area contributed by atoms with Gasteiger partial charge in [-0.05, 0) is 61.6 Å². The van der Waals surface area contributed by atoms with Crippen molar-refractivity contribution in [3.05, 3.63) is 84.1 Å². The van der Waals surface area contributed by atoms with Gasteiger partial charge in [-0.2, -0.15) is 0 Å². The highest BCUT2D eigenvalue weighted by Gasteiger charge is 2.28. The molecular weight excluding hydrogens is 417 g/mol. The standard InChI is InChI=1S/C26H22FN5O/c1-16-7-10-18(13-20(16)27)30-25(33)23-14-22-24(32(23)26-28-11-4-12-29-26)19-5-2-3-6-21(19)31(22)15-17-8-9-17/h2-7,10-14,17H,8-9,15H2,1H3,(H,30,33). The summed E-state index contributed by atoms with van der Waals surface area (Å²) in [6, 6.07) is 16.5. The highest BCUT2D eigenvalue weighted by molar-refractivity contribution is 6.13. The summed E-state index contributed by atoms with van der Waals surface area (Å²) in [4.78, 5) is 22.3. The van der Waals surface area contributed by atoms with Crippen LogP contribution in [0.15, 0.2) is 67.0 Å². The summed E-state index contributed by atoms with van der Waals surface area (Å²) in [6.07, 6.45) is 5.77. The number of anilines is 1. The Labute approximate surface area is 189 Å². The van der Waals surface area contributed by atoms with E-state index in [4.69, 9.17) is 0 Å². The summed E-state index contributed by atoms with van der Waals surface area (Å²) in [6.45, 7) is 2.60. The minimum Gasteiger partial charge on any atom is -0.339 e. The second-order valence-corrected chi connectivity index (χ2v) is 8.64. The van der Waals surface area contributed by atoms with E-state index >= 15 is 0 Å². The maximum atomic E-state index is 14.1. The van der Waals surface area contributed by atoms with Gasteiger partial charge >= 0.3 is 0 Å². The van der Waals surface area contributed by atoms with E-state index < -0.39 is 0 Å². The molecule has 5 aromatic rings. The number of amides is 1. The molecule has 7 heteroatoms. The van der Waals surface area contributed by atoms with Gasteiger partial charge in [-0.1, -0.05) is 24.3 Å². The maximum Gasteiger partial charge on any atom is 0.272 e. The molecule has 1 saturated carbocycles. The number of nitrogens with zero attached hydrogens (tertiary/aromatic N) is 4. The third-order valence-corrected chi connectivity index (χ3v) is 6.27. The number of hydrogen-bond acceptors (Lipinski definition) is 3. The van der Waals surface area contributed by atoms with Gasteiger partial charge in [-0.3, -0.25) is 9.36 Å². The molecule has 0 radical (unpaired) electrons. The summed E-state index contributed by atoms with van der Waals surface area (Å²) < 4.78 is 18.2. The zero-order chi connectivity index (χ0) is 22.5. The van der Waals surface area contributed by atoms with Gasteiger partial charge in [0.1, 0.15) is 11.5 Å². The number of halogens is 1. The number of hydrogen-bond donors (Lipinski definition) is 1. The Morgan fingerprint density at radius 2 is 1.85 bits per heavy atom. The summed E-state index contributed by atoms with van der Waals surface area (Å²) >= 11 is 0. The van der Waals surface area contributed by atoms with E-state index in [0.29, 0.717) is 28.8 Å². The molecule has 0 saturated heterocycles. The summed E-state index contributed by atoms with van der Waals surface area (Å²) in [5.41, 5.74) is 4.34. The minimum atomic E-state index is -0.360. The van der Waals surface area contributed by atoms with Crippen LogP contribution in [0.1, 0.15) is 28.9 Å². The Hall–Kier alpha value is -4.00. The van der Waals surface area contributed by atoms with Crippen LogP contribution >= 0.6 is 0 Å². The van der Waals surface area contributed by atoms with Gasteiger partial charge < -0.3 is 9.88 Å². The lowest BCUT2D eigenvalue weighted by Gasteiger charge is -2.10. The number of carbonyl (C=O) groups excluding carboxylic acids is 1. The van der Waals surface area contributed by atoms with E-state index in [0.717, 1.165) is 28.5 Å². The zero-order valence-corrected chi connectivity index (χ0v) is 18.1. The molecule has 0 unspecified atom stereocenters. The van der Waals surface area contributed by atoms with E-state index in [1.54, 1.807) is 42.1 Å². The molecule has 6 rings (SSSR count). The molecule has 1 aliphatic rings. The topological polar surface area (TPSA) is 64.7 Å². The Morgan fingerprint density at radius 1 is 1.06 bits per heavy atom. The van der Waals surface area contributed by atoms with Gasteiger partial charge in [-0.25, -0.2) is 14.4 Å². The molecule has 1 aliphatic carbocycles. The zero-order valence-electron chi connectivity index (χ0n) is 18.1. The Balaban J connectivity index is 1.56. The molecule has 3 heterocycles. The van der Waals surface area contributed by atoms with E-state index in [9.17, 15) is 9.18 Å². The Bertz CT molecular complexity index is 1510. The Morgan fingerprint density at radius 3 is 2.61 bits per heavy atom. The van der Waals surface area contributed by atoms with Crippen molar-refractivity contribution in [2.24, 2.45) is 5.92 Å². The van der Waals surface area contributed by atoms with Crippen LogP contribution in [0.5, 0.6) is 0 Å². The van der Waals surface area contributed by atoms with E-state index in [2.05, 4.69) is 32.0 Å². The highest BCUT2D eigenvalue weighted by atomic mass is 19.1. The molecule has 33 heavy (non-hydrogen) atoms. The van der Waals surface area contributed by atoms with Crippen molar-refractivity contribution in [1.82, 2.24) is 19.1 Å². The average Bonchev–Trinajstić information content (AvgIpc) is 3.49. The number of carbonyl (C=O) groups is 1. The van der Waals surface area contributed by atoms with E-state index in [1.165, 1.54) is 18.9 Å². The van der Waals surface area contributed by atoms with Gasteiger partial charge in [0.15, 0.2) is 0 Å². The molecule has 0 spiro atoms. The molecule has 0 atom stereocenters. The summed E-state index contributed by atoms with van der Waals surface area (Å²) in [5.74, 6) is 0.376. The summed E-state index contributed by atoms with van der Waals surface area (Å²) in [5, 5.41) is 3.89. The number of benzene rings is 2. The minimum absolute atomic E-state index is 0.344. The fraction of sp³-hybridized carbons (Fsp3) is 0.192. The molecule has 1 fully saturated rings. The first-order valence-electron chi connectivity index (χ1n) is 11.1. The predicted octanol–water partition coefficient (Wildman–Crippen LogP) is 5.49. The van der Waals surface area contributed by atoms with Gasteiger partial charge in [0.2, 0.25) is 5.95 Å². The van der Waals surface area contributed by atoms with Crippen molar-refractivity contribution < 1.29 is 9.18 Å². The van der Waals surface area contributed by atoms with Crippen molar-refractivity contribution in [3.63, 3.8) is 0 Å². The maximum absolute atomic E-state index is 14.1. The van der Waals surface area contributed by atoms with Crippen molar-refractivity contribution in [3.8, 4) is 5.95 Å². The van der Waals surface area contributed by atoms with Crippen LogP contribution in [0.4, 0.5) is 10.1 Å². The lowest BCUT2D eigenvalue weighted by molar-refractivity contribution is 0.102. The highest BCUT2D eigenvalue weighted by Crippen LogP contribution is 2.38. The second kappa shape index (κ2) is 7.55. The van der Waals surface area contributed by atoms with Gasteiger partial charge in [0.25, 0.3) is 5.91 Å². The van der Waals surface area contributed by atoms with Gasteiger partial charge in [0, 0.05) is 30.0 Å². The predicted molar refractivity (Wildman–Crippen MR) is 126 cm³/mol. The first-order valence-corrected chi connectivity index (χ1v) is 11.1. The first-order chi connectivity index (χ1) is 16.1. The van der Waals surface area contributed by atoms with Crippen molar-refractivity contribution in [2.75, 3.05) is 5.32 Å². The van der Waals surface area contributed by atoms with Crippen molar-refractivity contribution in [2.45, 2.75) is 26.3 Å². The molecule has 0 aliphatic heterocycles. The smallest absolute Gasteiger partial charge is 0.272 e. The Kier molecular flexibility index (Phi) is 4.50. The third kappa shape index (κ3) is 3.36. The van der Waals surface area contributed by atoms with Crippen LogP contribution < -0.4 is 5.32 Å². The fourth-order valence-corrected chi connectivity index (χ4v) is 4.40. The second-order valence-electron chi connectivity index (χ2n) is 8.64. The first kappa shape index (κ1) is 19.7. The SMILES string of the molecule is Cc1ccc(NC(=O)c2cc3c(c4ccccc4n3CC3CC3)n2-c2ncccn2)cc1F. The lowest BCUT2D eigenvalue weighted by atomic mass is 10.2. The van der Waals surface area contributed by atoms with Crippen LogP contribution in [0.2, 0.25) is 0 Å². The van der Waals surface area contributed by atoms with Crippen LogP contribution in [-0.2, 0) is 6.54 Å². The van der Waals surface area contributed by atoms with Crippen LogP contribution in [0.3, 0.4) is 0 Å². The number of fused-ring (bicyclic) bond motifs is 3. The van der Waals surface area contributed by atoms with Crippen LogP contribution in [0.25, 0.3) is 27.9 Å². The molecule has 1 amide bonds. The van der Waals surface area contributed by atoms with Gasteiger partial charge in [-0.15, -0.1) is 0 Å². The molecular formula is C26H22FN5O. The van der Waals surface area contributed by atoms with Gasteiger partial charge in [0.05, 0.1) is 16.6 Å². The number of nitrogens with one attached hydrogen (secondary N) is 1. The summed E-state index contributed by atoms with van der Waals surface area (Å²) in [7, 11) is 0. The number of aryl methyl sites for hydroxylation is 1. The van der Waals surface area contributed by atoms with Crippen LogP contribution in [-0.4, -0.2) is 25.0 Å². The van der Waals surface area contributed by atoms with E-state index in [-0.39, 0.29) is 11.7 Å². The fourth-order valence-electron chi connectivity index (χ4n) is 4.40. The normalized spacial score (nSPS) is 13.6. The third-order valence-electron chi connectivity index (χ3n) is 6.27. The molecule has 3 aromatic heterocycles. The number of aromatic nitrogens is 4. The lowest BCUT2D eigenvalue weighted by Crippen LogP contribution is -2.17. The van der Waals surface area contributed by atoms with Crippen LogP contribution in [0, 0.1) is 18.7 Å². The van der Waals surface area contributed by atoms with Crippen molar-refractivity contribution >= 4 is 33.5 Å². The molecule has 6 nitrogen and oxygen atoms in total.